The first-order chi connectivity index (χ1) is 70.5. The van der Waals surface area contributed by atoms with Crippen LogP contribution in [0.5, 0.6) is 92.0 Å². The summed E-state index contributed by atoms with van der Waals surface area (Å²) in [4.78, 5) is 8.63. The first-order valence-electron chi connectivity index (χ1n) is 49.4. The number of benzene rings is 16. The second-order valence-corrected chi connectivity index (χ2v) is 38.2. The monoisotopic (exact) mass is 1920 g/mol. The molecule has 5 aliphatic rings. The van der Waals surface area contributed by atoms with E-state index in [0.29, 0.717) is 215 Å². The Kier molecular flexibility index (Phi) is 28.4. The molecule has 728 valence electrons. The maximum absolute atomic E-state index is 13.9. The Hall–Kier alpha value is -15.8. The molecule has 4 N–H and O–H groups in total. The van der Waals surface area contributed by atoms with Crippen molar-refractivity contribution in [1.29, 1.82) is 0 Å². The molecule has 21 rings (SSSR count). The fourth-order valence-electron chi connectivity index (χ4n) is 20.2. The second kappa shape index (κ2) is 43.3. The third-order valence-corrected chi connectivity index (χ3v) is 27.8. The highest BCUT2D eigenvalue weighted by Gasteiger charge is 2.40. The van der Waals surface area contributed by atoms with Gasteiger partial charge in [0.2, 0.25) is 0 Å². The van der Waals surface area contributed by atoms with Crippen LogP contribution < -0.4 is 56.8 Å². The van der Waals surface area contributed by atoms with Gasteiger partial charge in [-0.15, -0.1) is 0 Å². The zero-order valence-corrected chi connectivity index (χ0v) is 81.3. The molecule has 0 saturated carbocycles. The smallest absolute Gasteiger partial charge is 0.142 e. The van der Waals surface area contributed by atoms with E-state index in [1.807, 2.05) is 340 Å². The average Bonchev–Trinajstić information content (AvgIpc) is 0.728. The molecule has 20 heteroatoms. The second-order valence-electron chi connectivity index (χ2n) is 38.2. The van der Waals surface area contributed by atoms with E-state index in [4.69, 9.17) is 56.8 Å². The SMILES string of the molecule is CC1c2cc(c3c(c2O)CN(Cc2cc(OCc4ccccc4)cc(OCc4ccccc4)c2)CO3)C(C)c2cc(c3c(c2O)CN(Cc2cc(OCc4ccccc4)cc(OCc4ccccc4)c2)CO3)C(C)c2cc(c3c(c2O)CN(Cc2cc(OCc4ccccc4)cc(OCc4ccccc4)c2)CO3)C(C)c2cc1c1c(c2O)CN(Cc2cc(OCc3ccccc3)cc(OCc3ccccc3)c2)CO1. The maximum Gasteiger partial charge on any atom is 0.142 e. The molecular weight excluding hydrogens is 1800 g/mol. The topological polar surface area (TPSA) is 205 Å². The highest BCUT2D eigenvalue weighted by molar-refractivity contribution is 5.69. The summed E-state index contributed by atoms with van der Waals surface area (Å²) >= 11 is 0. The van der Waals surface area contributed by atoms with E-state index >= 15 is 0 Å². The Morgan fingerprint density at radius 2 is 0.354 bits per heavy atom. The van der Waals surface area contributed by atoms with Gasteiger partial charge in [0.15, 0.2) is 0 Å². The maximum atomic E-state index is 13.9. The number of nitrogens with zero attached hydrogens (tertiary/aromatic N) is 4. The molecule has 8 bridgehead atoms. The van der Waals surface area contributed by atoms with Crippen LogP contribution in [0.3, 0.4) is 0 Å². The van der Waals surface area contributed by atoms with Crippen molar-refractivity contribution >= 4 is 0 Å². The van der Waals surface area contributed by atoms with Crippen LogP contribution in [-0.2, 0) is 105 Å². The first-order valence-corrected chi connectivity index (χ1v) is 49.4. The van der Waals surface area contributed by atoms with Gasteiger partial charge in [0.1, 0.15) is 172 Å². The minimum absolute atomic E-state index is 0.0216. The van der Waals surface area contributed by atoms with Crippen molar-refractivity contribution in [2.75, 3.05) is 26.9 Å². The summed E-state index contributed by atoms with van der Waals surface area (Å²) in [6.07, 6.45) is 0. The van der Waals surface area contributed by atoms with Crippen LogP contribution in [0.1, 0.15) is 185 Å². The number of aromatic hydroxyl groups is 4. The summed E-state index contributed by atoms with van der Waals surface area (Å²) in [5.74, 6) is 4.32. The Bertz CT molecular complexity index is 6090. The van der Waals surface area contributed by atoms with E-state index in [0.717, 1.165) is 66.8 Å². The van der Waals surface area contributed by atoms with Crippen LogP contribution in [0.4, 0.5) is 0 Å². The summed E-state index contributed by atoms with van der Waals surface area (Å²) in [5, 5.41) is 55.7. The van der Waals surface area contributed by atoms with E-state index in [9.17, 15) is 20.4 Å². The van der Waals surface area contributed by atoms with Crippen LogP contribution in [-0.4, -0.2) is 66.9 Å². The van der Waals surface area contributed by atoms with Crippen LogP contribution in [0.15, 0.2) is 340 Å². The van der Waals surface area contributed by atoms with Crippen molar-refractivity contribution < 1.29 is 77.3 Å². The Balaban J connectivity index is 0.698. The van der Waals surface area contributed by atoms with Crippen molar-refractivity contribution in [3.8, 4) is 92.0 Å². The molecule has 20 nitrogen and oxygen atoms in total. The third-order valence-electron chi connectivity index (χ3n) is 27.8. The standard InChI is InChI=1S/C124H116N4O16/c1-81-105-57-110(122-113(117(105)129)65-125(78-142-122)61-93-45-97(133-69-85-29-13-5-14-30-85)53-98(46-93)134-70-86-31-15-6-16-32-86)83(3)107-59-112(124-115(119(107)131)67-127(80-144-124)63-95-49-101(137-73-89-37-21-9-22-38-89)55-102(50-95)138-74-90-39-23-10-24-40-90)84(4)108-60-111(123-116(120(108)132)68-128(79-143-123)64-96-51-103(139-75-91-41-25-11-26-42-91)56-104(52-96)140-76-92-43-27-12-28-44-92)82(2)106-58-109(81)121-114(118(106)130)66-126(77-141-121)62-94-47-99(135-71-87-33-17-7-18-34-87)54-100(48-94)136-72-88-35-19-8-20-36-88/h5-60,81-84,129-132H,61-80H2,1-4H3. The fourth-order valence-corrected chi connectivity index (χ4v) is 20.2. The van der Waals surface area contributed by atoms with Crippen LogP contribution in [0.2, 0.25) is 0 Å². The van der Waals surface area contributed by atoms with Gasteiger partial charge in [-0.1, -0.05) is 270 Å². The lowest BCUT2D eigenvalue weighted by Gasteiger charge is -2.37. The summed E-state index contributed by atoms with van der Waals surface area (Å²) in [5.41, 5.74) is 18.9. The molecule has 0 radical (unpaired) electrons. The molecular formula is C124H116N4O16. The molecule has 0 saturated heterocycles. The van der Waals surface area contributed by atoms with Gasteiger partial charge >= 0.3 is 0 Å². The van der Waals surface area contributed by atoms with E-state index in [-0.39, 0.29) is 76.1 Å². The zero-order valence-electron chi connectivity index (χ0n) is 81.3. The highest BCUT2D eigenvalue weighted by Crippen LogP contribution is 2.57. The van der Waals surface area contributed by atoms with Crippen LogP contribution in [0, 0.1) is 0 Å². The van der Waals surface area contributed by atoms with Crippen LogP contribution >= 0.6 is 0 Å². The lowest BCUT2D eigenvalue weighted by atomic mass is 9.78. The predicted octanol–water partition coefficient (Wildman–Crippen LogP) is 25.5. The summed E-state index contributed by atoms with van der Waals surface area (Å²) in [6.45, 7) is 13.8. The molecule has 4 heterocycles. The molecule has 16 aromatic carbocycles. The Morgan fingerprint density at radius 3 is 0.507 bits per heavy atom. The summed E-state index contributed by atoms with van der Waals surface area (Å²) in [7, 11) is 0. The number of ether oxygens (including phenoxy) is 12. The molecule has 16 aromatic rings. The van der Waals surface area contributed by atoms with E-state index in [1.54, 1.807) is 0 Å². The fraction of sp³-hybridized carbons (Fsp3) is 0.226. The molecule has 4 aliphatic heterocycles. The van der Waals surface area contributed by atoms with Crippen molar-refractivity contribution in [3.63, 3.8) is 0 Å². The molecule has 144 heavy (non-hydrogen) atoms. The van der Waals surface area contributed by atoms with Crippen molar-refractivity contribution in [2.24, 2.45) is 0 Å². The van der Waals surface area contributed by atoms with Gasteiger partial charge in [0, 0.05) is 145 Å². The third kappa shape index (κ3) is 21.9. The van der Waals surface area contributed by atoms with Gasteiger partial charge in [0.05, 0.1) is 22.3 Å². The molecule has 0 aromatic heterocycles. The average molecular weight is 1920 g/mol. The normalized spacial score (nSPS) is 16.0. The molecule has 0 fully saturated rings. The molecule has 0 spiro atoms. The number of hydrogen-bond acceptors (Lipinski definition) is 20. The lowest BCUT2D eigenvalue weighted by molar-refractivity contribution is 0.0843. The van der Waals surface area contributed by atoms with Crippen LogP contribution in [0.25, 0.3) is 0 Å². The van der Waals surface area contributed by atoms with Gasteiger partial charge in [-0.25, -0.2) is 0 Å². The Labute approximate surface area is 840 Å². The minimum Gasteiger partial charge on any atom is -0.507 e. The van der Waals surface area contributed by atoms with Crippen molar-refractivity contribution in [1.82, 2.24) is 19.6 Å². The zero-order chi connectivity index (χ0) is 97.9. The lowest BCUT2D eigenvalue weighted by Crippen LogP contribution is -2.33. The molecule has 4 atom stereocenters. The van der Waals surface area contributed by atoms with Gasteiger partial charge in [-0.3, -0.25) is 19.6 Å². The van der Waals surface area contributed by atoms with Gasteiger partial charge in [-0.2, -0.15) is 0 Å². The van der Waals surface area contributed by atoms with Gasteiger partial charge in [-0.05, 0) is 140 Å². The number of fused-ring (bicyclic) bond motifs is 16. The van der Waals surface area contributed by atoms with Gasteiger partial charge < -0.3 is 77.3 Å². The molecule has 4 unspecified atom stereocenters. The van der Waals surface area contributed by atoms with Crippen molar-refractivity contribution in [2.45, 2.75) is 157 Å². The minimum atomic E-state index is -0.677. The largest absolute Gasteiger partial charge is 0.507 e. The van der Waals surface area contributed by atoms with Gasteiger partial charge in [0.25, 0.3) is 0 Å². The molecule has 0 amide bonds. The van der Waals surface area contributed by atoms with Crippen molar-refractivity contribution in [3.05, 3.63) is 473 Å². The molecule has 1 aliphatic carbocycles. The highest BCUT2D eigenvalue weighted by atomic mass is 16.5. The van der Waals surface area contributed by atoms with E-state index in [2.05, 4.69) is 47.3 Å². The number of rotatable bonds is 32. The van der Waals surface area contributed by atoms with E-state index in [1.165, 1.54) is 0 Å². The Morgan fingerprint density at radius 1 is 0.201 bits per heavy atom. The number of phenols is 4. The quantitative estimate of drug-likeness (QED) is 0.0309. The summed E-state index contributed by atoms with van der Waals surface area (Å²) in [6, 6.07) is 113. The van der Waals surface area contributed by atoms with E-state index < -0.39 is 23.7 Å². The predicted molar refractivity (Wildman–Crippen MR) is 553 cm³/mol. The summed E-state index contributed by atoms with van der Waals surface area (Å²) < 4.78 is 81.8. The first kappa shape index (κ1) is 94.4. The number of hydrogen-bond donors (Lipinski definition) is 4. The number of phenolic OH excluding ortho intramolecular Hbond substituents is 4.